The number of hydrogen-bond acceptors (Lipinski definition) is 8. The molecule has 0 atom stereocenters. The lowest BCUT2D eigenvalue weighted by molar-refractivity contribution is 0.0599. The minimum Gasteiger partial charge on any atom is -0.465 e. The van der Waals surface area contributed by atoms with E-state index in [4.69, 9.17) is 9.15 Å². The normalized spacial score (nSPS) is 10.4. The van der Waals surface area contributed by atoms with Crippen LogP contribution < -0.4 is 5.32 Å². The number of carbonyl (C=O) groups excluding carboxylic acids is 1. The zero-order valence-corrected chi connectivity index (χ0v) is 13.3. The van der Waals surface area contributed by atoms with Gasteiger partial charge in [-0.25, -0.2) is 4.79 Å². The molecule has 2 heterocycles. The molecule has 0 amide bonds. The molecular weight excluding hydrogens is 310 g/mol. The predicted octanol–water partition coefficient (Wildman–Crippen LogP) is 3.12. The van der Waals surface area contributed by atoms with Gasteiger partial charge in [-0.15, -0.1) is 16.8 Å². The molecule has 0 aliphatic carbocycles. The Morgan fingerprint density at radius 3 is 3.14 bits per heavy atom. The number of esters is 1. The number of aromatic nitrogens is 2. The van der Waals surface area contributed by atoms with Crippen LogP contribution in [-0.2, 0) is 10.5 Å². The number of carbonyl (C=O) groups is 1. The summed E-state index contributed by atoms with van der Waals surface area (Å²) >= 11 is 2.96. The number of furan rings is 1. The first-order valence-corrected chi connectivity index (χ1v) is 7.93. The van der Waals surface area contributed by atoms with Gasteiger partial charge in [-0.2, -0.15) is 0 Å². The molecule has 0 spiro atoms. The van der Waals surface area contributed by atoms with Crippen LogP contribution in [0.2, 0.25) is 0 Å². The highest BCUT2D eigenvalue weighted by Crippen LogP contribution is 2.29. The van der Waals surface area contributed by atoms with Gasteiger partial charge in [0.15, 0.2) is 4.34 Å². The zero-order valence-electron chi connectivity index (χ0n) is 11.7. The average molecular weight is 325 g/mol. The highest BCUT2D eigenvalue weighted by Gasteiger charge is 2.16. The molecule has 2 aromatic heterocycles. The van der Waals surface area contributed by atoms with Gasteiger partial charge in [0.25, 0.3) is 0 Å². The molecule has 6 nitrogen and oxygen atoms in total. The third-order valence-electron chi connectivity index (χ3n) is 2.52. The number of hydrogen-bond donors (Lipinski definition) is 1. The molecule has 0 saturated carbocycles. The number of ether oxygens (including phenoxy) is 1. The smallest absolute Gasteiger partial charge is 0.341 e. The molecule has 8 heteroatoms. The second-order valence-electron chi connectivity index (χ2n) is 4.01. The van der Waals surface area contributed by atoms with Gasteiger partial charge < -0.3 is 14.5 Å². The van der Waals surface area contributed by atoms with Crippen molar-refractivity contribution in [1.29, 1.82) is 0 Å². The summed E-state index contributed by atoms with van der Waals surface area (Å²) in [5, 5.41) is 11.9. The van der Waals surface area contributed by atoms with Crippen LogP contribution in [0.4, 0.5) is 5.13 Å². The number of methoxy groups -OCH3 is 1. The van der Waals surface area contributed by atoms with Gasteiger partial charge in [-0.1, -0.05) is 29.2 Å². The van der Waals surface area contributed by atoms with Gasteiger partial charge in [-0.3, -0.25) is 0 Å². The summed E-state index contributed by atoms with van der Waals surface area (Å²) < 4.78 is 11.1. The molecule has 0 saturated heterocycles. The van der Waals surface area contributed by atoms with Crippen LogP contribution in [0.5, 0.6) is 0 Å². The Hall–Kier alpha value is -1.80. The van der Waals surface area contributed by atoms with E-state index in [1.165, 1.54) is 30.2 Å². The molecule has 0 aliphatic heterocycles. The molecule has 2 aromatic rings. The fourth-order valence-corrected chi connectivity index (χ4v) is 3.20. The van der Waals surface area contributed by atoms with Crippen molar-refractivity contribution in [1.82, 2.24) is 10.2 Å². The maximum Gasteiger partial charge on any atom is 0.341 e. The third-order valence-corrected chi connectivity index (χ3v) is 4.55. The Labute approximate surface area is 130 Å². The van der Waals surface area contributed by atoms with E-state index in [1.54, 1.807) is 19.1 Å². The molecule has 0 unspecified atom stereocenters. The third kappa shape index (κ3) is 4.08. The second-order valence-corrected chi connectivity index (χ2v) is 6.21. The first kappa shape index (κ1) is 15.6. The number of thioether (sulfide) groups is 1. The van der Waals surface area contributed by atoms with Gasteiger partial charge in [0.05, 0.1) is 12.9 Å². The van der Waals surface area contributed by atoms with Crippen LogP contribution in [-0.4, -0.2) is 29.8 Å². The van der Waals surface area contributed by atoms with E-state index in [0.29, 0.717) is 29.4 Å². The van der Waals surface area contributed by atoms with E-state index in [0.717, 1.165) is 9.47 Å². The molecule has 0 aliphatic rings. The fourth-order valence-electron chi connectivity index (χ4n) is 1.56. The molecular formula is C13H15N3O3S2. The standard InChI is InChI=1S/C13H15N3O3S2/c1-4-5-14-12-15-16-13(21-12)20-7-9-6-10(8(2)19-9)11(17)18-3/h4,6H,1,5,7H2,2-3H3,(H,14,15). The SMILES string of the molecule is C=CCNc1nnc(SCc2cc(C(=O)OC)c(C)o2)s1. The van der Waals surface area contributed by atoms with Crippen molar-refractivity contribution in [2.24, 2.45) is 0 Å². The Bertz CT molecular complexity index is 636. The highest BCUT2D eigenvalue weighted by molar-refractivity contribution is 8.00. The maximum atomic E-state index is 11.5. The molecule has 0 fully saturated rings. The number of nitrogens with zero attached hydrogens (tertiary/aromatic N) is 2. The van der Waals surface area contributed by atoms with Crippen molar-refractivity contribution in [2.75, 3.05) is 19.0 Å². The Morgan fingerprint density at radius 1 is 1.62 bits per heavy atom. The van der Waals surface area contributed by atoms with Crippen LogP contribution in [0.25, 0.3) is 0 Å². The van der Waals surface area contributed by atoms with Crippen LogP contribution in [0.15, 0.2) is 27.5 Å². The molecule has 1 N–H and O–H groups in total. The molecule has 0 bridgehead atoms. The minimum atomic E-state index is -0.390. The summed E-state index contributed by atoms with van der Waals surface area (Å²) in [5.41, 5.74) is 0.457. The van der Waals surface area contributed by atoms with Crippen molar-refractivity contribution < 1.29 is 13.9 Å². The minimum absolute atomic E-state index is 0.390. The molecule has 0 radical (unpaired) electrons. The van der Waals surface area contributed by atoms with Crippen LogP contribution in [0, 0.1) is 6.92 Å². The predicted molar refractivity (Wildman–Crippen MR) is 82.9 cm³/mol. The van der Waals surface area contributed by atoms with Gasteiger partial charge in [-0.05, 0) is 13.0 Å². The van der Waals surface area contributed by atoms with Gasteiger partial charge in [0.2, 0.25) is 5.13 Å². The number of aryl methyl sites for hydroxylation is 1. The van der Waals surface area contributed by atoms with Crippen molar-refractivity contribution in [3.8, 4) is 0 Å². The van der Waals surface area contributed by atoms with Crippen LogP contribution >= 0.6 is 23.1 Å². The fraction of sp³-hybridized carbons (Fsp3) is 0.308. The van der Waals surface area contributed by atoms with Crippen molar-refractivity contribution >= 4 is 34.2 Å². The summed E-state index contributed by atoms with van der Waals surface area (Å²) in [6.07, 6.45) is 1.76. The highest BCUT2D eigenvalue weighted by atomic mass is 32.2. The van der Waals surface area contributed by atoms with E-state index in [2.05, 4.69) is 22.1 Å². The van der Waals surface area contributed by atoms with Gasteiger partial charge in [0.1, 0.15) is 17.1 Å². The molecule has 21 heavy (non-hydrogen) atoms. The van der Waals surface area contributed by atoms with Crippen LogP contribution in [0.1, 0.15) is 21.9 Å². The van der Waals surface area contributed by atoms with Gasteiger partial charge in [0, 0.05) is 6.54 Å². The van der Waals surface area contributed by atoms with Crippen LogP contribution in [0.3, 0.4) is 0 Å². The lowest BCUT2D eigenvalue weighted by Crippen LogP contribution is -2.00. The van der Waals surface area contributed by atoms with Crippen molar-refractivity contribution in [3.63, 3.8) is 0 Å². The number of rotatable bonds is 7. The first-order chi connectivity index (χ1) is 10.1. The van der Waals surface area contributed by atoms with Crippen molar-refractivity contribution in [2.45, 2.75) is 17.0 Å². The summed E-state index contributed by atoms with van der Waals surface area (Å²) in [6.45, 7) is 6.02. The van der Waals surface area contributed by atoms with Crippen molar-refractivity contribution in [3.05, 3.63) is 35.8 Å². The monoisotopic (exact) mass is 325 g/mol. The summed E-state index contributed by atoms with van der Waals surface area (Å²) in [6, 6.07) is 1.70. The van der Waals surface area contributed by atoms with E-state index >= 15 is 0 Å². The zero-order chi connectivity index (χ0) is 15.2. The summed E-state index contributed by atoms with van der Waals surface area (Å²) in [7, 11) is 1.35. The summed E-state index contributed by atoms with van der Waals surface area (Å²) in [5.74, 6) is 1.45. The quantitative estimate of drug-likeness (QED) is 0.476. The van der Waals surface area contributed by atoms with E-state index in [9.17, 15) is 4.79 Å². The lowest BCUT2D eigenvalue weighted by atomic mass is 10.2. The molecule has 2 rings (SSSR count). The number of nitrogens with one attached hydrogen (secondary N) is 1. The first-order valence-electron chi connectivity index (χ1n) is 6.12. The molecule has 0 aromatic carbocycles. The van der Waals surface area contributed by atoms with E-state index < -0.39 is 0 Å². The largest absolute Gasteiger partial charge is 0.465 e. The maximum absolute atomic E-state index is 11.5. The molecule has 112 valence electrons. The average Bonchev–Trinajstić information content (AvgIpc) is 3.08. The lowest BCUT2D eigenvalue weighted by Gasteiger charge is -1.93. The second kappa shape index (κ2) is 7.28. The Morgan fingerprint density at radius 2 is 2.43 bits per heavy atom. The summed E-state index contributed by atoms with van der Waals surface area (Å²) in [4.78, 5) is 11.5. The van der Waals surface area contributed by atoms with Gasteiger partial charge >= 0.3 is 5.97 Å². The van der Waals surface area contributed by atoms with E-state index in [-0.39, 0.29) is 5.97 Å². The Balaban J connectivity index is 1.95. The topological polar surface area (TPSA) is 77.2 Å². The Kier molecular flexibility index (Phi) is 5.40. The number of anilines is 1. The van der Waals surface area contributed by atoms with E-state index in [1.807, 2.05) is 0 Å².